The van der Waals surface area contributed by atoms with Gasteiger partial charge in [-0.25, -0.2) is 4.39 Å². The minimum Gasteiger partial charge on any atom is -0.496 e. The number of benzene rings is 2. The molecule has 3 aromatic rings. The molecule has 3 heteroatoms. The molecule has 0 bridgehead atoms. The molecule has 0 saturated heterocycles. The van der Waals surface area contributed by atoms with Crippen LogP contribution in [0.5, 0.6) is 5.75 Å². The van der Waals surface area contributed by atoms with Gasteiger partial charge < -0.3 is 9.30 Å². The van der Waals surface area contributed by atoms with Crippen molar-refractivity contribution in [2.24, 2.45) is 0 Å². The standard InChI is InChI=1S/C16H14FNO/c1-19-16-5-3-2-4-13(16)11-18-9-8-12-6-7-14(17)10-15(12)18/h2-10H,11H2,1H3. The van der Waals surface area contributed by atoms with Gasteiger partial charge in [0.25, 0.3) is 0 Å². The molecule has 0 N–H and O–H groups in total. The number of hydrogen-bond donors (Lipinski definition) is 0. The topological polar surface area (TPSA) is 14.2 Å². The summed E-state index contributed by atoms with van der Waals surface area (Å²) in [6.07, 6.45) is 1.97. The summed E-state index contributed by atoms with van der Waals surface area (Å²) in [6.45, 7) is 0.664. The van der Waals surface area contributed by atoms with Crippen LogP contribution in [-0.2, 0) is 6.54 Å². The molecule has 1 heterocycles. The van der Waals surface area contributed by atoms with Crippen LogP contribution < -0.4 is 4.74 Å². The van der Waals surface area contributed by atoms with Crippen molar-refractivity contribution in [1.29, 1.82) is 0 Å². The van der Waals surface area contributed by atoms with Crippen molar-refractivity contribution in [3.8, 4) is 5.75 Å². The van der Waals surface area contributed by atoms with Crippen LogP contribution in [0.4, 0.5) is 4.39 Å². The van der Waals surface area contributed by atoms with Gasteiger partial charge in [-0.2, -0.15) is 0 Å². The van der Waals surface area contributed by atoms with Crippen LogP contribution >= 0.6 is 0 Å². The minimum absolute atomic E-state index is 0.215. The number of aromatic nitrogens is 1. The molecule has 0 unspecified atom stereocenters. The maximum absolute atomic E-state index is 13.3. The Labute approximate surface area is 111 Å². The lowest BCUT2D eigenvalue weighted by Gasteiger charge is -2.10. The predicted octanol–water partition coefficient (Wildman–Crippen LogP) is 3.84. The van der Waals surface area contributed by atoms with E-state index in [2.05, 4.69) is 0 Å². The zero-order valence-electron chi connectivity index (χ0n) is 10.6. The quantitative estimate of drug-likeness (QED) is 0.693. The highest BCUT2D eigenvalue weighted by molar-refractivity contribution is 5.80. The van der Waals surface area contributed by atoms with Crippen molar-refractivity contribution < 1.29 is 9.13 Å². The molecule has 0 saturated carbocycles. The van der Waals surface area contributed by atoms with Gasteiger partial charge in [-0.1, -0.05) is 18.2 Å². The smallest absolute Gasteiger partial charge is 0.125 e. The van der Waals surface area contributed by atoms with Crippen LogP contribution in [-0.4, -0.2) is 11.7 Å². The number of rotatable bonds is 3. The SMILES string of the molecule is COc1ccccc1Cn1ccc2ccc(F)cc21. The van der Waals surface area contributed by atoms with Crippen molar-refractivity contribution >= 4 is 10.9 Å². The number of methoxy groups -OCH3 is 1. The van der Waals surface area contributed by atoms with Gasteiger partial charge in [0.2, 0.25) is 0 Å². The van der Waals surface area contributed by atoms with Gasteiger partial charge in [0.05, 0.1) is 19.2 Å². The van der Waals surface area contributed by atoms with E-state index in [1.54, 1.807) is 19.2 Å². The van der Waals surface area contributed by atoms with Crippen LogP contribution in [0.2, 0.25) is 0 Å². The first kappa shape index (κ1) is 11.8. The summed E-state index contributed by atoms with van der Waals surface area (Å²) in [5.41, 5.74) is 1.97. The highest BCUT2D eigenvalue weighted by Gasteiger charge is 2.06. The summed E-state index contributed by atoms with van der Waals surface area (Å²) in [5.74, 6) is 0.633. The molecule has 0 radical (unpaired) electrons. The second-order valence-electron chi connectivity index (χ2n) is 4.46. The third kappa shape index (κ3) is 2.19. The average molecular weight is 255 g/mol. The summed E-state index contributed by atoms with van der Waals surface area (Å²) in [5, 5.41) is 1.04. The van der Waals surface area contributed by atoms with Gasteiger partial charge >= 0.3 is 0 Å². The monoisotopic (exact) mass is 255 g/mol. The Balaban J connectivity index is 2.03. The van der Waals surface area contributed by atoms with E-state index in [9.17, 15) is 4.39 Å². The van der Waals surface area contributed by atoms with Crippen LogP contribution in [0.25, 0.3) is 10.9 Å². The van der Waals surface area contributed by atoms with Crippen molar-refractivity contribution in [3.05, 3.63) is 66.1 Å². The van der Waals surface area contributed by atoms with E-state index in [1.807, 2.05) is 41.1 Å². The van der Waals surface area contributed by atoms with Crippen molar-refractivity contribution in [3.63, 3.8) is 0 Å². The number of hydrogen-bond acceptors (Lipinski definition) is 1. The first-order chi connectivity index (χ1) is 9.28. The lowest BCUT2D eigenvalue weighted by Crippen LogP contribution is -2.00. The van der Waals surface area contributed by atoms with E-state index in [-0.39, 0.29) is 5.82 Å². The molecule has 2 aromatic carbocycles. The molecule has 0 aliphatic rings. The second-order valence-corrected chi connectivity index (χ2v) is 4.46. The highest BCUT2D eigenvalue weighted by Crippen LogP contribution is 2.22. The average Bonchev–Trinajstić information content (AvgIpc) is 2.82. The van der Waals surface area contributed by atoms with Gasteiger partial charge in [0, 0.05) is 11.8 Å². The highest BCUT2D eigenvalue weighted by atomic mass is 19.1. The van der Waals surface area contributed by atoms with Crippen LogP contribution in [0.3, 0.4) is 0 Å². The van der Waals surface area contributed by atoms with Gasteiger partial charge in [0.15, 0.2) is 0 Å². The molecule has 0 aliphatic heterocycles. The first-order valence-electron chi connectivity index (χ1n) is 6.14. The van der Waals surface area contributed by atoms with E-state index in [0.29, 0.717) is 6.54 Å². The normalized spacial score (nSPS) is 10.8. The molecular formula is C16H14FNO. The van der Waals surface area contributed by atoms with E-state index in [0.717, 1.165) is 22.2 Å². The molecule has 2 nitrogen and oxygen atoms in total. The molecular weight excluding hydrogens is 241 g/mol. The van der Waals surface area contributed by atoms with E-state index < -0.39 is 0 Å². The molecule has 19 heavy (non-hydrogen) atoms. The van der Waals surface area contributed by atoms with Gasteiger partial charge in [-0.15, -0.1) is 0 Å². The van der Waals surface area contributed by atoms with E-state index >= 15 is 0 Å². The number of halogens is 1. The summed E-state index contributed by atoms with van der Waals surface area (Å²) in [7, 11) is 1.66. The van der Waals surface area contributed by atoms with Gasteiger partial charge in [-0.3, -0.25) is 0 Å². The Kier molecular flexibility index (Phi) is 2.95. The maximum Gasteiger partial charge on any atom is 0.125 e. The third-order valence-electron chi connectivity index (χ3n) is 3.27. The lowest BCUT2D eigenvalue weighted by atomic mass is 10.2. The lowest BCUT2D eigenvalue weighted by molar-refractivity contribution is 0.408. The maximum atomic E-state index is 13.3. The molecule has 3 rings (SSSR count). The Hall–Kier alpha value is -2.29. The fraction of sp³-hybridized carbons (Fsp3) is 0.125. The number of nitrogens with zero attached hydrogens (tertiary/aromatic N) is 1. The van der Waals surface area contributed by atoms with E-state index in [1.165, 1.54) is 6.07 Å². The summed E-state index contributed by atoms with van der Waals surface area (Å²) in [6, 6.07) is 14.7. The fourth-order valence-electron chi connectivity index (χ4n) is 2.31. The Morgan fingerprint density at radius 2 is 1.95 bits per heavy atom. The molecule has 96 valence electrons. The Morgan fingerprint density at radius 1 is 1.11 bits per heavy atom. The summed E-state index contributed by atoms with van der Waals surface area (Å²) < 4.78 is 20.7. The van der Waals surface area contributed by atoms with Crippen LogP contribution in [0.1, 0.15) is 5.56 Å². The van der Waals surface area contributed by atoms with Crippen molar-refractivity contribution in [2.45, 2.75) is 6.54 Å². The zero-order chi connectivity index (χ0) is 13.2. The molecule has 1 aromatic heterocycles. The summed E-state index contributed by atoms with van der Waals surface area (Å²) in [4.78, 5) is 0. The third-order valence-corrected chi connectivity index (χ3v) is 3.27. The summed E-state index contributed by atoms with van der Waals surface area (Å²) >= 11 is 0. The predicted molar refractivity (Wildman–Crippen MR) is 74.0 cm³/mol. The first-order valence-corrected chi connectivity index (χ1v) is 6.14. The molecule has 0 spiro atoms. The Bertz CT molecular complexity index is 718. The van der Waals surface area contributed by atoms with Crippen LogP contribution in [0, 0.1) is 5.82 Å². The number of fused-ring (bicyclic) bond motifs is 1. The minimum atomic E-state index is -0.215. The Morgan fingerprint density at radius 3 is 2.79 bits per heavy atom. The van der Waals surface area contributed by atoms with E-state index in [4.69, 9.17) is 4.74 Å². The number of para-hydroxylation sites is 1. The zero-order valence-corrected chi connectivity index (χ0v) is 10.6. The molecule has 0 aliphatic carbocycles. The molecule has 0 atom stereocenters. The fourth-order valence-corrected chi connectivity index (χ4v) is 2.31. The van der Waals surface area contributed by atoms with Gasteiger partial charge in [-0.05, 0) is 35.7 Å². The van der Waals surface area contributed by atoms with Crippen LogP contribution in [0.15, 0.2) is 54.7 Å². The van der Waals surface area contributed by atoms with Gasteiger partial charge in [0.1, 0.15) is 11.6 Å². The van der Waals surface area contributed by atoms with Crippen molar-refractivity contribution in [2.75, 3.05) is 7.11 Å². The van der Waals surface area contributed by atoms with Crippen molar-refractivity contribution in [1.82, 2.24) is 4.57 Å². The second kappa shape index (κ2) is 4.76. The molecule has 0 amide bonds. The molecule has 0 fully saturated rings. The largest absolute Gasteiger partial charge is 0.496 e. The number of ether oxygens (including phenoxy) is 1.